The molecule has 2 aromatic carbocycles. The van der Waals surface area contributed by atoms with Crippen LogP contribution in [0.5, 0.6) is 5.75 Å². The Morgan fingerprint density at radius 3 is 2.19 bits per heavy atom. The lowest BCUT2D eigenvalue weighted by atomic mass is 10.1. The number of rotatable bonds is 14. The van der Waals surface area contributed by atoms with E-state index in [1.165, 1.54) is 28.4 Å². The van der Waals surface area contributed by atoms with Gasteiger partial charge in [-0.05, 0) is 60.7 Å². The number of amides is 2. The maximum absolute atomic E-state index is 13.4. The van der Waals surface area contributed by atoms with Crippen molar-refractivity contribution in [3.63, 3.8) is 0 Å². The average Bonchev–Trinajstić information content (AvgIpc) is 2.85. The van der Waals surface area contributed by atoms with E-state index in [4.69, 9.17) is 4.74 Å². The fourth-order valence-corrected chi connectivity index (χ4v) is 4.85. The van der Waals surface area contributed by atoms with E-state index >= 15 is 0 Å². The van der Waals surface area contributed by atoms with Crippen molar-refractivity contribution in [2.75, 3.05) is 30.8 Å². The van der Waals surface area contributed by atoms with E-state index in [1.807, 2.05) is 20.8 Å². The first-order valence-corrected chi connectivity index (χ1v) is 14.2. The number of benzene rings is 2. The molecule has 37 heavy (non-hydrogen) atoms. The van der Waals surface area contributed by atoms with Crippen LogP contribution in [0.25, 0.3) is 0 Å². The van der Waals surface area contributed by atoms with Crippen molar-refractivity contribution in [1.29, 1.82) is 0 Å². The van der Waals surface area contributed by atoms with E-state index in [2.05, 4.69) is 5.32 Å². The molecule has 0 spiro atoms. The maximum atomic E-state index is 13.4. The molecule has 0 bridgehead atoms. The Balaban J connectivity index is 2.19. The normalized spacial score (nSPS) is 12.2. The fraction of sp³-hybridized carbons (Fsp3) is 0.481. The topological polar surface area (TPSA) is 96.0 Å². The number of hydrogen-bond acceptors (Lipinski definition) is 5. The maximum Gasteiger partial charge on any atom is 0.242 e. The second-order valence-electron chi connectivity index (χ2n) is 9.35. The Morgan fingerprint density at radius 1 is 1.05 bits per heavy atom. The molecule has 0 heterocycles. The van der Waals surface area contributed by atoms with Gasteiger partial charge in [0.15, 0.2) is 0 Å². The molecule has 0 unspecified atom stereocenters. The number of methoxy groups -OCH3 is 1. The highest BCUT2D eigenvalue weighted by Gasteiger charge is 2.29. The smallest absolute Gasteiger partial charge is 0.242 e. The zero-order chi connectivity index (χ0) is 27.6. The monoisotopic (exact) mass is 535 g/mol. The summed E-state index contributed by atoms with van der Waals surface area (Å²) in [6, 6.07) is 11.7. The molecule has 0 aliphatic heterocycles. The molecule has 204 valence electrons. The molecule has 0 aliphatic rings. The number of halogens is 1. The molecule has 2 rings (SSSR count). The van der Waals surface area contributed by atoms with E-state index in [9.17, 15) is 22.4 Å². The quantitative estimate of drug-likeness (QED) is 0.395. The van der Waals surface area contributed by atoms with Crippen LogP contribution in [0.3, 0.4) is 0 Å². The number of nitrogens with zero attached hydrogens (tertiary/aromatic N) is 2. The molecular weight excluding hydrogens is 497 g/mol. The summed E-state index contributed by atoms with van der Waals surface area (Å²) in [5, 5.41) is 2.90. The lowest BCUT2D eigenvalue weighted by Gasteiger charge is -2.31. The van der Waals surface area contributed by atoms with Gasteiger partial charge in [0, 0.05) is 26.1 Å². The molecule has 0 saturated heterocycles. The zero-order valence-electron chi connectivity index (χ0n) is 22.2. The minimum absolute atomic E-state index is 0.0390. The van der Waals surface area contributed by atoms with Gasteiger partial charge >= 0.3 is 0 Å². The van der Waals surface area contributed by atoms with Crippen molar-refractivity contribution >= 4 is 27.5 Å². The summed E-state index contributed by atoms with van der Waals surface area (Å²) in [6.45, 7) is 6.52. The Bertz CT molecular complexity index is 1120. The van der Waals surface area contributed by atoms with Gasteiger partial charge in [0.05, 0.1) is 19.1 Å². The van der Waals surface area contributed by atoms with Gasteiger partial charge in [-0.1, -0.05) is 32.9 Å². The van der Waals surface area contributed by atoms with Gasteiger partial charge < -0.3 is 15.0 Å². The highest BCUT2D eigenvalue weighted by atomic mass is 32.2. The lowest BCUT2D eigenvalue weighted by molar-refractivity contribution is -0.141. The van der Waals surface area contributed by atoms with Crippen LogP contribution in [0.15, 0.2) is 48.5 Å². The standard InChI is InChI=1S/C27H38FN3O5S/c1-6-25(27(33)29-18-20(2)3)30(19-21-9-11-22(28)12-10-21)26(32)8-7-17-31(37(5,34)35)23-13-15-24(36-4)16-14-23/h9-16,20,25H,6-8,17-19H2,1-5H3,(H,29,33)/t25-/m1/s1. The van der Waals surface area contributed by atoms with Gasteiger partial charge in [-0.25, -0.2) is 12.8 Å². The second-order valence-corrected chi connectivity index (χ2v) is 11.3. The number of sulfonamides is 1. The number of carbonyl (C=O) groups is 2. The first-order chi connectivity index (χ1) is 17.5. The van der Waals surface area contributed by atoms with Crippen molar-refractivity contribution in [1.82, 2.24) is 10.2 Å². The molecule has 0 saturated carbocycles. The SMILES string of the molecule is CC[C@H](C(=O)NCC(C)C)N(Cc1ccc(F)cc1)C(=O)CCCN(c1ccc(OC)cc1)S(C)(=O)=O. The molecule has 2 amide bonds. The fourth-order valence-electron chi connectivity index (χ4n) is 3.88. The minimum atomic E-state index is -3.59. The van der Waals surface area contributed by atoms with Crippen LogP contribution in [0.1, 0.15) is 45.6 Å². The number of anilines is 1. The molecule has 8 nitrogen and oxygen atoms in total. The van der Waals surface area contributed by atoms with Crippen molar-refractivity contribution in [3.8, 4) is 5.75 Å². The van der Waals surface area contributed by atoms with Crippen LogP contribution in [0.2, 0.25) is 0 Å². The summed E-state index contributed by atoms with van der Waals surface area (Å²) >= 11 is 0. The first-order valence-electron chi connectivity index (χ1n) is 12.4. The minimum Gasteiger partial charge on any atom is -0.497 e. The van der Waals surface area contributed by atoms with Gasteiger partial charge in [-0.15, -0.1) is 0 Å². The van der Waals surface area contributed by atoms with Gasteiger partial charge in [-0.3, -0.25) is 13.9 Å². The summed E-state index contributed by atoms with van der Waals surface area (Å²) in [7, 11) is -2.06. The molecule has 0 radical (unpaired) electrons. The van der Waals surface area contributed by atoms with Crippen LogP contribution in [0.4, 0.5) is 10.1 Å². The zero-order valence-corrected chi connectivity index (χ0v) is 23.1. The molecule has 0 fully saturated rings. The Labute approximate surface area is 219 Å². The largest absolute Gasteiger partial charge is 0.497 e. The lowest BCUT2D eigenvalue weighted by Crippen LogP contribution is -2.49. The van der Waals surface area contributed by atoms with E-state index < -0.39 is 16.1 Å². The van der Waals surface area contributed by atoms with Crippen molar-refractivity contribution in [3.05, 3.63) is 59.9 Å². The molecule has 1 N–H and O–H groups in total. The Kier molecular flexibility index (Phi) is 11.4. The van der Waals surface area contributed by atoms with Crippen LogP contribution in [0, 0.1) is 11.7 Å². The van der Waals surface area contributed by atoms with Crippen LogP contribution >= 0.6 is 0 Å². The summed E-state index contributed by atoms with van der Waals surface area (Å²) in [6.07, 6.45) is 1.81. The van der Waals surface area contributed by atoms with Crippen LogP contribution in [-0.2, 0) is 26.2 Å². The summed E-state index contributed by atoms with van der Waals surface area (Å²) in [5.41, 5.74) is 1.17. The third kappa shape index (κ3) is 9.35. The summed E-state index contributed by atoms with van der Waals surface area (Å²) < 4.78 is 44.7. The number of nitrogens with one attached hydrogen (secondary N) is 1. The van der Waals surface area contributed by atoms with Gasteiger partial charge in [-0.2, -0.15) is 0 Å². The van der Waals surface area contributed by atoms with E-state index in [0.717, 1.165) is 6.26 Å². The third-order valence-electron chi connectivity index (χ3n) is 5.85. The van der Waals surface area contributed by atoms with E-state index in [-0.39, 0.29) is 49.5 Å². The predicted octanol–water partition coefficient (Wildman–Crippen LogP) is 3.96. The molecule has 2 aromatic rings. The van der Waals surface area contributed by atoms with Crippen molar-refractivity contribution in [2.45, 2.75) is 52.6 Å². The first kappa shape index (κ1) is 30.1. The van der Waals surface area contributed by atoms with E-state index in [1.54, 1.807) is 36.4 Å². The summed E-state index contributed by atoms with van der Waals surface area (Å²) in [5.74, 6) is -0.0581. The molecule has 10 heteroatoms. The van der Waals surface area contributed by atoms with Crippen LogP contribution in [-0.4, -0.2) is 57.6 Å². The average molecular weight is 536 g/mol. The predicted molar refractivity (Wildman–Crippen MR) is 143 cm³/mol. The second kappa shape index (κ2) is 14.0. The highest BCUT2D eigenvalue weighted by molar-refractivity contribution is 7.92. The third-order valence-corrected chi connectivity index (χ3v) is 7.04. The van der Waals surface area contributed by atoms with Crippen molar-refractivity contribution in [2.24, 2.45) is 5.92 Å². The van der Waals surface area contributed by atoms with Gasteiger partial charge in [0.1, 0.15) is 17.6 Å². The van der Waals surface area contributed by atoms with E-state index in [0.29, 0.717) is 30.0 Å². The van der Waals surface area contributed by atoms with Gasteiger partial charge in [0.2, 0.25) is 21.8 Å². The summed E-state index contributed by atoms with van der Waals surface area (Å²) in [4.78, 5) is 27.9. The number of carbonyl (C=O) groups excluding carboxylic acids is 2. The van der Waals surface area contributed by atoms with Crippen molar-refractivity contribution < 1.29 is 27.1 Å². The highest BCUT2D eigenvalue weighted by Crippen LogP contribution is 2.22. The van der Waals surface area contributed by atoms with Crippen LogP contribution < -0.4 is 14.4 Å². The molecule has 1 atom stereocenters. The molecule has 0 aromatic heterocycles. The molecular formula is C27H38FN3O5S. The number of ether oxygens (including phenoxy) is 1. The Hall–Kier alpha value is -3.14. The van der Waals surface area contributed by atoms with Gasteiger partial charge in [0.25, 0.3) is 0 Å². The molecule has 0 aliphatic carbocycles. The Morgan fingerprint density at radius 2 is 1.68 bits per heavy atom. The number of hydrogen-bond donors (Lipinski definition) is 1.